The largest absolute Gasteiger partial charge is 0.371 e. The van der Waals surface area contributed by atoms with Crippen molar-refractivity contribution in [3.8, 4) is 0 Å². The minimum Gasteiger partial charge on any atom is -0.371 e. The minimum atomic E-state index is 0.164. The van der Waals surface area contributed by atoms with E-state index in [-0.39, 0.29) is 5.54 Å². The van der Waals surface area contributed by atoms with E-state index in [2.05, 4.69) is 69.1 Å². The van der Waals surface area contributed by atoms with Gasteiger partial charge in [-0.2, -0.15) is 0 Å². The Hall–Kier alpha value is -1.02. The van der Waals surface area contributed by atoms with E-state index in [1.807, 2.05) is 0 Å². The van der Waals surface area contributed by atoms with Gasteiger partial charge in [0.2, 0.25) is 0 Å². The zero-order valence-corrected chi connectivity index (χ0v) is 13.7. The fourth-order valence-corrected chi connectivity index (χ4v) is 2.81. The molecule has 2 heteroatoms. The molecule has 1 fully saturated rings. The van der Waals surface area contributed by atoms with Crippen LogP contribution in [-0.4, -0.2) is 18.6 Å². The molecule has 20 heavy (non-hydrogen) atoms. The number of rotatable bonds is 3. The summed E-state index contributed by atoms with van der Waals surface area (Å²) in [6.07, 6.45) is 1.31. The van der Waals surface area contributed by atoms with Crippen LogP contribution in [0.25, 0.3) is 0 Å². The molecule has 2 nitrogen and oxygen atoms in total. The number of benzene rings is 1. The molecule has 1 saturated heterocycles. The quantitative estimate of drug-likeness (QED) is 0.894. The second-order valence-electron chi connectivity index (χ2n) is 7.42. The van der Waals surface area contributed by atoms with Crippen LogP contribution in [0, 0.1) is 11.8 Å². The fraction of sp³-hybridized carbons (Fsp3) is 0.667. The van der Waals surface area contributed by atoms with Gasteiger partial charge in [-0.25, -0.2) is 0 Å². The third-order valence-corrected chi connectivity index (χ3v) is 4.48. The van der Waals surface area contributed by atoms with Crippen LogP contribution in [0.1, 0.15) is 46.6 Å². The third kappa shape index (κ3) is 3.99. The summed E-state index contributed by atoms with van der Waals surface area (Å²) >= 11 is 0. The highest BCUT2D eigenvalue weighted by Gasteiger charge is 2.24. The topological polar surface area (TPSA) is 15.3 Å². The maximum absolute atomic E-state index is 3.61. The van der Waals surface area contributed by atoms with Gasteiger partial charge in [0.05, 0.1) is 0 Å². The molecule has 2 rings (SSSR count). The smallest absolute Gasteiger partial charge is 0.0411 e. The third-order valence-electron chi connectivity index (χ3n) is 4.48. The van der Waals surface area contributed by atoms with Crippen LogP contribution in [-0.2, 0) is 6.54 Å². The number of hydrogen-bond acceptors (Lipinski definition) is 2. The van der Waals surface area contributed by atoms with E-state index < -0.39 is 0 Å². The monoisotopic (exact) mass is 274 g/mol. The summed E-state index contributed by atoms with van der Waals surface area (Å²) in [6, 6.07) is 8.86. The Morgan fingerprint density at radius 3 is 2.50 bits per heavy atom. The molecule has 0 aliphatic carbocycles. The Labute approximate surface area is 124 Å². The number of nitrogens with one attached hydrogen (secondary N) is 1. The molecule has 1 aromatic carbocycles. The second kappa shape index (κ2) is 6.17. The lowest BCUT2D eigenvalue weighted by Gasteiger charge is -2.38. The van der Waals surface area contributed by atoms with Crippen LogP contribution in [0.3, 0.4) is 0 Å². The van der Waals surface area contributed by atoms with Crippen molar-refractivity contribution in [2.75, 3.05) is 18.0 Å². The van der Waals surface area contributed by atoms with Gasteiger partial charge in [0, 0.05) is 30.9 Å². The Morgan fingerprint density at radius 1 is 1.15 bits per heavy atom. The van der Waals surface area contributed by atoms with Crippen LogP contribution in [0.4, 0.5) is 5.69 Å². The molecule has 0 spiro atoms. The van der Waals surface area contributed by atoms with Gasteiger partial charge < -0.3 is 10.2 Å². The summed E-state index contributed by atoms with van der Waals surface area (Å²) in [5.74, 6) is 1.64. The van der Waals surface area contributed by atoms with Gasteiger partial charge in [0.15, 0.2) is 0 Å². The van der Waals surface area contributed by atoms with Crippen molar-refractivity contribution in [3.63, 3.8) is 0 Å². The lowest BCUT2D eigenvalue weighted by Crippen LogP contribution is -2.40. The van der Waals surface area contributed by atoms with E-state index in [9.17, 15) is 0 Å². The van der Waals surface area contributed by atoms with Crippen LogP contribution in [0.5, 0.6) is 0 Å². The molecule has 112 valence electrons. The van der Waals surface area contributed by atoms with Crippen molar-refractivity contribution in [1.82, 2.24) is 5.32 Å². The highest BCUT2D eigenvalue weighted by Crippen LogP contribution is 2.29. The van der Waals surface area contributed by atoms with E-state index in [1.54, 1.807) is 0 Å². The fourth-order valence-electron chi connectivity index (χ4n) is 2.81. The predicted octanol–water partition coefficient (Wildman–Crippen LogP) is 4.06. The van der Waals surface area contributed by atoms with Crippen molar-refractivity contribution < 1.29 is 0 Å². The van der Waals surface area contributed by atoms with Gasteiger partial charge in [-0.1, -0.05) is 32.0 Å². The molecule has 1 aromatic rings. The van der Waals surface area contributed by atoms with Crippen molar-refractivity contribution in [3.05, 3.63) is 29.8 Å². The molecule has 2 atom stereocenters. The maximum atomic E-state index is 3.61. The number of para-hydroxylation sites is 1. The van der Waals surface area contributed by atoms with Crippen LogP contribution < -0.4 is 10.2 Å². The van der Waals surface area contributed by atoms with Gasteiger partial charge in [-0.15, -0.1) is 0 Å². The Balaban J connectivity index is 2.11. The van der Waals surface area contributed by atoms with Gasteiger partial charge in [-0.05, 0) is 50.7 Å². The number of piperidine rings is 1. The molecule has 2 unspecified atom stereocenters. The summed E-state index contributed by atoms with van der Waals surface area (Å²) in [5, 5.41) is 3.61. The molecule has 0 radical (unpaired) electrons. The SMILES string of the molecule is CC1CCN(c2ccccc2CNC(C)(C)C)CC1C. The Morgan fingerprint density at radius 2 is 1.85 bits per heavy atom. The van der Waals surface area contributed by atoms with E-state index in [4.69, 9.17) is 0 Å². The molecule has 1 N–H and O–H groups in total. The Kier molecular flexibility index (Phi) is 4.74. The van der Waals surface area contributed by atoms with Gasteiger partial charge >= 0.3 is 0 Å². The maximum Gasteiger partial charge on any atom is 0.0411 e. The van der Waals surface area contributed by atoms with Crippen LogP contribution >= 0.6 is 0 Å². The summed E-state index contributed by atoms with van der Waals surface area (Å²) in [4.78, 5) is 2.57. The van der Waals surface area contributed by atoms with Gasteiger partial charge in [0.1, 0.15) is 0 Å². The lowest BCUT2D eigenvalue weighted by atomic mass is 9.88. The lowest BCUT2D eigenvalue weighted by molar-refractivity contribution is 0.323. The van der Waals surface area contributed by atoms with E-state index in [0.29, 0.717) is 0 Å². The minimum absolute atomic E-state index is 0.164. The zero-order chi connectivity index (χ0) is 14.8. The zero-order valence-electron chi connectivity index (χ0n) is 13.7. The summed E-state index contributed by atoms with van der Waals surface area (Å²) in [6.45, 7) is 14.8. The first kappa shape index (κ1) is 15.4. The molecule has 1 heterocycles. The molecule has 0 bridgehead atoms. The van der Waals surface area contributed by atoms with Crippen molar-refractivity contribution in [1.29, 1.82) is 0 Å². The average Bonchev–Trinajstić information content (AvgIpc) is 2.39. The summed E-state index contributed by atoms with van der Waals surface area (Å²) < 4.78 is 0. The van der Waals surface area contributed by atoms with Gasteiger partial charge in [-0.3, -0.25) is 0 Å². The standard InChI is InChI=1S/C18H30N2/c1-14-10-11-20(13-15(14)2)17-9-7-6-8-16(17)12-19-18(3,4)5/h6-9,14-15,19H,10-13H2,1-5H3. The molecular weight excluding hydrogens is 244 g/mol. The van der Waals surface area contributed by atoms with E-state index >= 15 is 0 Å². The summed E-state index contributed by atoms with van der Waals surface area (Å²) in [7, 11) is 0. The molecule has 0 saturated carbocycles. The normalized spacial score (nSPS) is 23.9. The van der Waals surface area contributed by atoms with E-state index in [1.165, 1.54) is 30.8 Å². The number of anilines is 1. The molecule has 1 aliphatic rings. The van der Waals surface area contributed by atoms with Crippen LogP contribution in [0.15, 0.2) is 24.3 Å². The highest BCUT2D eigenvalue weighted by molar-refractivity contribution is 5.54. The van der Waals surface area contributed by atoms with E-state index in [0.717, 1.165) is 18.4 Å². The number of nitrogens with zero attached hydrogens (tertiary/aromatic N) is 1. The van der Waals surface area contributed by atoms with Crippen molar-refractivity contribution in [2.45, 2.75) is 53.1 Å². The summed E-state index contributed by atoms with van der Waals surface area (Å²) in [5.41, 5.74) is 3.00. The molecule has 0 amide bonds. The molecular formula is C18H30N2. The predicted molar refractivity (Wildman–Crippen MR) is 88.2 cm³/mol. The highest BCUT2D eigenvalue weighted by atomic mass is 15.1. The first-order valence-electron chi connectivity index (χ1n) is 7.95. The first-order valence-corrected chi connectivity index (χ1v) is 7.95. The van der Waals surface area contributed by atoms with Crippen LogP contribution in [0.2, 0.25) is 0 Å². The first-order chi connectivity index (χ1) is 9.37. The number of hydrogen-bond donors (Lipinski definition) is 1. The van der Waals surface area contributed by atoms with Crippen molar-refractivity contribution >= 4 is 5.69 Å². The molecule has 1 aliphatic heterocycles. The van der Waals surface area contributed by atoms with Gasteiger partial charge in [0.25, 0.3) is 0 Å². The van der Waals surface area contributed by atoms with Crippen molar-refractivity contribution in [2.24, 2.45) is 11.8 Å². The molecule has 0 aromatic heterocycles. The average molecular weight is 274 g/mol. The Bertz CT molecular complexity index is 433. The second-order valence-corrected chi connectivity index (χ2v) is 7.42.